The zero-order valence-electron chi connectivity index (χ0n) is 12.4. The summed E-state index contributed by atoms with van der Waals surface area (Å²) in [6, 6.07) is 8.94. The predicted octanol–water partition coefficient (Wildman–Crippen LogP) is 3.65. The lowest BCUT2D eigenvalue weighted by atomic mass is 9.86. The summed E-state index contributed by atoms with van der Waals surface area (Å²) in [5.74, 6) is 0.926. The number of rotatable bonds is 6. The van der Waals surface area contributed by atoms with Crippen LogP contribution in [0.1, 0.15) is 39.7 Å². The zero-order chi connectivity index (χ0) is 13.6. The third-order valence-electron chi connectivity index (χ3n) is 2.99. The first-order valence-corrected chi connectivity index (χ1v) is 6.81. The minimum absolute atomic E-state index is 0.360. The molecular formula is C16H27NO. The van der Waals surface area contributed by atoms with Gasteiger partial charge in [0, 0.05) is 6.04 Å². The number of nitrogens with one attached hydrogen (secondary N) is 1. The molecule has 0 saturated heterocycles. The maximum Gasteiger partial charge on any atom is 0.118 e. The monoisotopic (exact) mass is 249 g/mol. The normalized spacial score (nSPS) is 13.4. The largest absolute Gasteiger partial charge is 0.497 e. The average molecular weight is 249 g/mol. The lowest BCUT2D eigenvalue weighted by molar-refractivity contribution is 0.309. The molecule has 0 aromatic heterocycles. The lowest BCUT2D eigenvalue weighted by Crippen LogP contribution is -2.34. The van der Waals surface area contributed by atoms with E-state index in [1.54, 1.807) is 7.11 Å². The SMILES string of the molecule is CCNC(Cc1ccc(OC)cc1)CC(C)(C)C. The van der Waals surface area contributed by atoms with Gasteiger partial charge in [-0.3, -0.25) is 0 Å². The second kappa shape index (κ2) is 6.79. The number of benzene rings is 1. The molecule has 102 valence electrons. The summed E-state index contributed by atoms with van der Waals surface area (Å²) in [4.78, 5) is 0. The van der Waals surface area contributed by atoms with Gasteiger partial charge < -0.3 is 10.1 Å². The van der Waals surface area contributed by atoms with Crippen molar-refractivity contribution in [2.24, 2.45) is 5.41 Å². The van der Waals surface area contributed by atoms with Crippen LogP contribution in [0.2, 0.25) is 0 Å². The molecule has 1 atom stereocenters. The van der Waals surface area contributed by atoms with Crippen molar-refractivity contribution >= 4 is 0 Å². The van der Waals surface area contributed by atoms with Gasteiger partial charge in [-0.05, 0) is 42.5 Å². The van der Waals surface area contributed by atoms with Crippen molar-refractivity contribution in [3.63, 3.8) is 0 Å². The highest BCUT2D eigenvalue weighted by atomic mass is 16.5. The molecule has 0 bridgehead atoms. The quantitative estimate of drug-likeness (QED) is 0.831. The van der Waals surface area contributed by atoms with Crippen LogP contribution in [0.25, 0.3) is 0 Å². The van der Waals surface area contributed by atoms with E-state index in [-0.39, 0.29) is 0 Å². The van der Waals surface area contributed by atoms with E-state index >= 15 is 0 Å². The Hall–Kier alpha value is -1.02. The molecule has 0 aliphatic heterocycles. The van der Waals surface area contributed by atoms with Crippen LogP contribution in [-0.2, 0) is 6.42 Å². The summed E-state index contributed by atoms with van der Waals surface area (Å²) in [5.41, 5.74) is 1.73. The molecular weight excluding hydrogens is 222 g/mol. The zero-order valence-corrected chi connectivity index (χ0v) is 12.4. The van der Waals surface area contributed by atoms with Crippen LogP contribution < -0.4 is 10.1 Å². The molecule has 0 spiro atoms. The molecule has 18 heavy (non-hydrogen) atoms. The van der Waals surface area contributed by atoms with Crippen LogP contribution in [0.5, 0.6) is 5.75 Å². The van der Waals surface area contributed by atoms with Crippen LogP contribution in [0.4, 0.5) is 0 Å². The maximum absolute atomic E-state index is 5.19. The Labute approximate surface area is 112 Å². The van der Waals surface area contributed by atoms with Crippen molar-refractivity contribution in [1.82, 2.24) is 5.32 Å². The molecule has 1 rings (SSSR count). The number of likely N-dealkylation sites (N-methyl/N-ethyl adjacent to an activating group) is 1. The molecule has 2 nitrogen and oxygen atoms in total. The summed E-state index contributed by atoms with van der Waals surface area (Å²) < 4.78 is 5.19. The van der Waals surface area contributed by atoms with Crippen molar-refractivity contribution in [2.75, 3.05) is 13.7 Å². The van der Waals surface area contributed by atoms with Gasteiger partial charge in [0.15, 0.2) is 0 Å². The third-order valence-corrected chi connectivity index (χ3v) is 2.99. The van der Waals surface area contributed by atoms with Crippen LogP contribution >= 0.6 is 0 Å². The Balaban J connectivity index is 2.64. The Kier molecular flexibility index (Phi) is 5.67. The molecule has 2 heteroatoms. The van der Waals surface area contributed by atoms with Crippen LogP contribution in [0, 0.1) is 5.41 Å². The summed E-state index contributed by atoms with van der Waals surface area (Å²) in [7, 11) is 1.70. The van der Waals surface area contributed by atoms with Crippen LogP contribution in [-0.4, -0.2) is 19.7 Å². The van der Waals surface area contributed by atoms with Gasteiger partial charge >= 0.3 is 0 Å². The van der Waals surface area contributed by atoms with Gasteiger partial charge in [0.05, 0.1) is 7.11 Å². The minimum Gasteiger partial charge on any atom is -0.497 e. The minimum atomic E-state index is 0.360. The first-order chi connectivity index (χ1) is 8.44. The highest BCUT2D eigenvalue weighted by Crippen LogP contribution is 2.23. The van der Waals surface area contributed by atoms with E-state index in [0.717, 1.165) is 18.7 Å². The number of methoxy groups -OCH3 is 1. The number of hydrogen-bond acceptors (Lipinski definition) is 2. The molecule has 1 aromatic rings. The van der Waals surface area contributed by atoms with Gasteiger partial charge in [-0.2, -0.15) is 0 Å². The van der Waals surface area contributed by atoms with E-state index in [1.807, 2.05) is 12.1 Å². The fourth-order valence-electron chi connectivity index (χ4n) is 2.29. The van der Waals surface area contributed by atoms with E-state index < -0.39 is 0 Å². The molecule has 1 aromatic carbocycles. The molecule has 0 aliphatic carbocycles. The molecule has 0 saturated carbocycles. The first kappa shape index (κ1) is 15.0. The van der Waals surface area contributed by atoms with Gasteiger partial charge in [-0.1, -0.05) is 39.8 Å². The number of ether oxygens (including phenoxy) is 1. The molecule has 1 N–H and O–H groups in total. The topological polar surface area (TPSA) is 21.3 Å². The Morgan fingerprint density at radius 1 is 1.17 bits per heavy atom. The van der Waals surface area contributed by atoms with Crippen molar-refractivity contribution in [2.45, 2.75) is 46.6 Å². The average Bonchev–Trinajstić information content (AvgIpc) is 2.28. The fourth-order valence-corrected chi connectivity index (χ4v) is 2.29. The van der Waals surface area contributed by atoms with E-state index in [4.69, 9.17) is 4.74 Å². The van der Waals surface area contributed by atoms with Gasteiger partial charge in [0.1, 0.15) is 5.75 Å². The molecule has 0 radical (unpaired) electrons. The van der Waals surface area contributed by atoms with Gasteiger partial charge in [0.2, 0.25) is 0 Å². The second-order valence-corrected chi connectivity index (χ2v) is 6.07. The Morgan fingerprint density at radius 2 is 1.78 bits per heavy atom. The van der Waals surface area contributed by atoms with Gasteiger partial charge in [-0.25, -0.2) is 0 Å². The lowest BCUT2D eigenvalue weighted by Gasteiger charge is -2.26. The summed E-state index contributed by atoms with van der Waals surface area (Å²) in [5, 5.41) is 3.58. The van der Waals surface area contributed by atoms with Crippen molar-refractivity contribution in [3.05, 3.63) is 29.8 Å². The molecule has 0 heterocycles. The molecule has 1 unspecified atom stereocenters. The first-order valence-electron chi connectivity index (χ1n) is 6.81. The van der Waals surface area contributed by atoms with E-state index in [1.165, 1.54) is 12.0 Å². The maximum atomic E-state index is 5.19. The summed E-state index contributed by atoms with van der Waals surface area (Å²) in [6.45, 7) is 10.1. The molecule has 0 fully saturated rings. The Bertz CT molecular complexity index is 337. The van der Waals surface area contributed by atoms with Crippen molar-refractivity contribution < 1.29 is 4.74 Å². The number of hydrogen-bond donors (Lipinski definition) is 1. The van der Waals surface area contributed by atoms with E-state index in [9.17, 15) is 0 Å². The third kappa shape index (κ3) is 5.54. The molecule has 0 amide bonds. The van der Waals surface area contributed by atoms with Gasteiger partial charge in [0.25, 0.3) is 0 Å². The Morgan fingerprint density at radius 3 is 2.22 bits per heavy atom. The highest BCUT2D eigenvalue weighted by Gasteiger charge is 2.18. The summed E-state index contributed by atoms with van der Waals surface area (Å²) in [6.07, 6.45) is 2.27. The van der Waals surface area contributed by atoms with Crippen LogP contribution in [0.3, 0.4) is 0 Å². The smallest absolute Gasteiger partial charge is 0.118 e. The van der Waals surface area contributed by atoms with E-state index in [2.05, 4.69) is 45.1 Å². The standard InChI is InChI=1S/C16H27NO/c1-6-17-14(12-16(2,3)4)11-13-7-9-15(18-5)10-8-13/h7-10,14,17H,6,11-12H2,1-5H3. The summed E-state index contributed by atoms with van der Waals surface area (Å²) >= 11 is 0. The molecule has 0 aliphatic rings. The predicted molar refractivity (Wildman–Crippen MR) is 78.2 cm³/mol. The highest BCUT2D eigenvalue weighted by molar-refractivity contribution is 5.27. The van der Waals surface area contributed by atoms with E-state index in [0.29, 0.717) is 11.5 Å². The van der Waals surface area contributed by atoms with Crippen molar-refractivity contribution in [3.8, 4) is 5.75 Å². The van der Waals surface area contributed by atoms with Crippen LogP contribution in [0.15, 0.2) is 24.3 Å². The van der Waals surface area contributed by atoms with Gasteiger partial charge in [-0.15, -0.1) is 0 Å². The fraction of sp³-hybridized carbons (Fsp3) is 0.625. The van der Waals surface area contributed by atoms with Crippen molar-refractivity contribution in [1.29, 1.82) is 0 Å². The second-order valence-electron chi connectivity index (χ2n) is 6.07.